The van der Waals surface area contributed by atoms with Crippen LogP contribution in [0.5, 0.6) is 5.75 Å². The molecule has 0 amide bonds. The van der Waals surface area contributed by atoms with Gasteiger partial charge < -0.3 is 4.74 Å². The summed E-state index contributed by atoms with van der Waals surface area (Å²) in [5.74, 6) is 2.05. The van der Waals surface area contributed by atoms with E-state index in [-0.39, 0.29) is 0 Å². The summed E-state index contributed by atoms with van der Waals surface area (Å²) < 4.78 is 7.45. The number of benzene rings is 3. The molecule has 0 aliphatic heterocycles. The second-order valence-electron chi connectivity index (χ2n) is 7.34. The van der Waals surface area contributed by atoms with E-state index in [4.69, 9.17) is 4.74 Å². The summed E-state index contributed by atoms with van der Waals surface area (Å²) >= 11 is 0. The minimum atomic E-state index is 0.445. The fourth-order valence-electron chi connectivity index (χ4n) is 3.41. The molecule has 0 radical (unpaired) electrons. The zero-order chi connectivity index (χ0) is 20.2. The second-order valence-corrected chi connectivity index (χ2v) is 7.34. The Balaban J connectivity index is 1.73. The second kappa shape index (κ2) is 8.27. The zero-order valence-electron chi connectivity index (χ0n) is 16.9. The molecule has 0 unspecified atom stereocenters. The van der Waals surface area contributed by atoms with Gasteiger partial charge in [0.25, 0.3) is 0 Å². The molecular formula is C24H24N4O. The molecular weight excluding hydrogens is 360 g/mol. The Morgan fingerprint density at radius 2 is 1.69 bits per heavy atom. The van der Waals surface area contributed by atoms with Gasteiger partial charge in [-0.25, -0.2) is 4.68 Å². The fraction of sp³-hybridized carbons (Fsp3) is 0.208. The van der Waals surface area contributed by atoms with Gasteiger partial charge in [-0.3, -0.25) is 0 Å². The molecule has 0 aliphatic rings. The predicted molar refractivity (Wildman–Crippen MR) is 115 cm³/mol. The molecule has 0 bridgehead atoms. The molecule has 0 spiro atoms. The highest BCUT2D eigenvalue weighted by Gasteiger charge is 2.13. The van der Waals surface area contributed by atoms with E-state index in [9.17, 15) is 0 Å². The largest absolute Gasteiger partial charge is 0.496 e. The van der Waals surface area contributed by atoms with Gasteiger partial charge in [-0.1, -0.05) is 68.4 Å². The van der Waals surface area contributed by atoms with Crippen molar-refractivity contribution in [1.82, 2.24) is 20.2 Å². The van der Waals surface area contributed by atoms with Gasteiger partial charge in [0.05, 0.1) is 13.7 Å². The maximum Gasteiger partial charge on any atom is 0.182 e. The summed E-state index contributed by atoms with van der Waals surface area (Å²) in [5.41, 5.74) is 5.56. The molecule has 1 heterocycles. The SMILES string of the molecule is COc1ccc(C(C)C)cc1-c1cccc(-c2nnnn2Cc2ccccc2)c1. The third kappa shape index (κ3) is 4.04. The lowest BCUT2D eigenvalue weighted by molar-refractivity contribution is 0.416. The van der Waals surface area contributed by atoms with Gasteiger partial charge in [-0.2, -0.15) is 0 Å². The minimum absolute atomic E-state index is 0.445. The number of ether oxygens (including phenoxy) is 1. The standard InChI is InChI=1S/C24H24N4O/c1-17(2)19-12-13-23(29-3)22(15-19)20-10-7-11-21(14-20)24-25-26-27-28(24)16-18-8-5-4-6-9-18/h4-15,17H,16H2,1-3H3. The van der Waals surface area contributed by atoms with Crippen molar-refractivity contribution in [2.45, 2.75) is 26.3 Å². The number of aromatic nitrogens is 4. The van der Waals surface area contributed by atoms with Gasteiger partial charge in [0.15, 0.2) is 5.82 Å². The predicted octanol–water partition coefficient (Wildman–Crippen LogP) is 5.19. The normalized spacial score (nSPS) is 11.0. The topological polar surface area (TPSA) is 52.8 Å². The average molecular weight is 384 g/mol. The molecule has 4 rings (SSSR count). The molecule has 5 nitrogen and oxygen atoms in total. The highest BCUT2D eigenvalue weighted by Crippen LogP contribution is 2.34. The Kier molecular flexibility index (Phi) is 5.38. The van der Waals surface area contributed by atoms with E-state index in [0.717, 1.165) is 33.8 Å². The van der Waals surface area contributed by atoms with E-state index in [1.54, 1.807) is 7.11 Å². The first kappa shape index (κ1) is 18.9. The van der Waals surface area contributed by atoms with Crippen LogP contribution in [0.2, 0.25) is 0 Å². The number of rotatable bonds is 6. The number of tetrazole rings is 1. The van der Waals surface area contributed by atoms with Gasteiger partial charge in [0.1, 0.15) is 5.75 Å². The quantitative estimate of drug-likeness (QED) is 0.459. The molecule has 3 aromatic carbocycles. The van der Waals surface area contributed by atoms with E-state index in [1.165, 1.54) is 5.56 Å². The summed E-state index contributed by atoms with van der Waals surface area (Å²) in [7, 11) is 1.71. The van der Waals surface area contributed by atoms with E-state index in [1.807, 2.05) is 41.1 Å². The molecule has 0 fully saturated rings. The van der Waals surface area contributed by atoms with Crippen molar-refractivity contribution in [3.05, 3.63) is 83.9 Å². The Morgan fingerprint density at radius 3 is 2.45 bits per heavy atom. The lowest BCUT2D eigenvalue weighted by Crippen LogP contribution is -2.04. The Bertz CT molecular complexity index is 1100. The fourth-order valence-corrected chi connectivity index (χ4v) is 3.41. The molecule has 0 saturated carbocycles. The maximum absolute atomic E-state index is 5.62. The molecule has 4 aromatic rings. The molecule has 0 saturated heterocycles. The Labute approximate surface area is 171 Å². The zero-order valence-corrected chi connectivity index (χ0v) is 16.9. The first-order chi connectivity index (χ1) is 14.2. The van der Waals surface area contributed by atoms with Gasteiger partial charge in [0.2, 0.25) is 0 Å². The maximum atomic E-state index is 5.62. The first-order valence-corrected chi connectivity index (χ1v) is 9.74. The molecule has 1 aromatic heterocycles. The minimum Gasteiger partial charge on any atom is -0.496 e. The summed E-state index contributed by atoms with van der Waals surface area (Å²) in [6.07, 6.45) is 0. The summed E-state index contributed by atoms with van der Waals surface area (Å²) in [6.45, 7) is 5.01. The van der Waals surface area contributed by atoms with Crippen molar-refractivity contribution in [3.8, 4) is 28.3 Å². The third-order valence-corrected chi connectivity index (χ3v) is 5.03. The van der Waals surface area contributed by atoms with Crippen molar-refractivity contribution in [2.24, 2.45) is 0 Å². The first-order valence-electron chi connectivity index (χ1n) is 9.74. The van der Waals surface area contributed by atoms with Crippen molar-refractivity contribution < 1.29 is 4.74 Å². The molecule has 0 N–H and O–H groups in total. The third-order valence-electron chi connectivity index (χ3n) is 5.03. The van der Waals surface area contributed by atoms with Gasteiger partial charge in [-0.15, -0.1) is 5.10 Å². The van der Waals surface area contributed by atoms with E-state index in [2.05, 4.69) is 65.8 Å². The van der Waals surface area contributed by atoms with Crippen LogP contribution in [0.1, 0.15) is 30.9 Å². The number of nitrogens with zero attached hydrogens (tertiary/aromatic N) is 4. The number of hydrogen-bond acceptors (Lipinski definition) is 4. The highest BCUT2D eigenvalue weighted by atomic mass is 16.5. The molecule has 29 heavy (non-hydrogen) atoms. The van der Waals surface area contributed by atoms with Crippen LogP contribution in [0.25, 0.3) is 22.5 Å². The van der Waals surface area contributed by atoms with Crippen LogP contribution in [0.3, 0.4) is 0 Å². The molecule has 146 valence electrons. The lowest BCUT2D eigenvalue weighted by Gasteiger charge is -2.14. The molecule has 5 heteroatoms. The molecule has 0 atom stereocenters. The van der Waals surface area contributed by atoms with Gasteiger partial charge in [0, 0.05) is 11.1 Å². The van der Waals surface area contributed by atoms with Crippen molar-refractivity contribution in [2.75, 3.05) is 7.11 Å². The number of hydrogen-bond donors (Lipinski definition) is 0. The lowest BCUT2D eigenvalue weighted by atomic mass is 9.95. The van der Waals surface area contributed by atoms with Crippen LogP contribution in [0.4, 0.5) is 0 Å². The van der Waals surface area contributed by atoms with Crippen molar-refractivity contribution in [3.63, 3.8) is 0 Å². The van der Waals surface area contributed by atoms with Crippen LogP contribution >= 0.6 is 0 Å². The number of methoxy groups -OCH3 is 1. The monoisotopic (exact) mass is 384 g/mol. The van der Waals surface area contributed by atoms with Crippen LogP contribution in [-0.4, -0.2) is 27.3 Å². The Hall–Kier alpha value is -3.47. The smallest absolute Gasteiger partial charge is 0.182 e. The van der Waals surface area contributed by atoms with E-state index in [0.29, 0.717) is 12.5 Å². The summed E-state index contributed by atoms with van der Waals surface area (Å²) in [5, 5.41) is 12.4. The molecule has 0 aliphatic carbocycles. The van der Waals surface area contributed by atoms with Gasteiger partial charge >= 0.3 is 0 Å². The summed E-state index contributed by atoms with van der Waals surface area (Å²) in [4.78, 5) is 0. The van der Waals surface area contributed by atoms with Gasteiger partial charge in [-0.05, 0) is 51.2 Å². The van der Waals surface area contributed by atoms with E-state index >= 15 is 0 Å². The van der Waals surface area contributed by atoms with Crippen molar-refractivity contribution >= 4 is 0 Å². The average Bonchev–Trinajstić information content (AvgIpc) is 3.22. The van der Waals surface area contributed by atoms with Crippen LogP contribution in [-0.2, 0) is 6.54 Å². The van der Waals surface area contributed by atoms with Crippen molar-refractivity contribution in [1.29, 1.82) is 0 Å². The van der Waals surface area contributed by atoms with Crippen LogP contribution in [0, 0.1) is 0 Å². The van der Waals surface area contributed by atoms with Crippen LogP contribution in [0.15, 0.2) is 72.8 Å². The highest BCUT2D eigenvalue weighted by molar-refractivity contribution is 5.75. The van der Waals surface area contributed by atoms with E-state index < -0.39 is 0 Å². The summed E-state index contributed by atoms with van der Waals surface area (Å²) in [6, 6.07) is 24.8. The Morgan fingerprint density at radius 1 is 0.897 bits per heavy atom. The van der Waals surface area contributed by atoms with Crippen LogP contribution < -0.4 is 4.74 Å².